The lowest BCUT2D eigenvalue weighted by Gasteiger charge is -2.18. The van der Waals surface area contributed by atoms with Crippen LogP contribution < -0.4 is 0 Å². The first kappa shape index (κ1) is 65.6. The van der Waals surface area contributed by atoms with Crippen molar-refractivity contribution >= 4 is 17.9 Å². The van der Waals surface area contributed by atoms with Gasteiger partial charge in [0.2, 0.25) is 0 Å². The first-order valence-corrected chi connectivity index (χ1v) is 29.1. The summed E-state index contributed by atoms with van der Waals surface area (Å²) < 4.78 is 16.7. The molecule has 0 saturated carbocycles. The van der Waals surface area contributed by atoms with Crippen molar-refractivity contribution in [2.45, 2.75) is 284 Å². The summed E-state index contributed by atoms with van der Waals surface area (Å²) in [7, 11) is 0. The molecule has 6 nitrogen and oxygen atoms in total. The number of carbonyl (C=O) groups excluding carboxylic acids is 3. The molecule has 0 aliphatic heterocycles. The Hall–Kier alpha value is -3.41. The number of allylic oxidation sites excluding steroid dienone is 14. The second kappa shape index (κ2) is 57.2. The van der Waals surface area contributed by atoms with Crippen molar-refractivity contribution in [2.75, 3.05) is 13.2 Å². The van der Waals surface area contributed by atoms with Crippen molar-refractivity contribution < 1.29 is 28.6 Å². The zero-order valence-corrected chi connectivity index (χ0v) is 45.3. The van der Waals surface area contributed by atoms with E-state index in [0.717, 1.165) is 83.5 Å². The molecule has 0 saturated heterocycles. The van der Waals surface area contributed by atoms with Crippen molar-refractivity contribution in [2.24, 2.45) is 0 Å². The molecule has 0 rings (SSSR count). The zero-order valence-electron chi connectivity index (χ0n) is 45.3. The number of hydrogen-bond donors (Lipinski definition) is 0. The van der Waals surface area contributed by atoms with E-state index in [0.29, 0.717) is 19.3 Å². The molecule has 0 aromatic heterocycles. The van der Waals surface area contributed by atoms with Crippen LogP contribution in [0.5, 0.6) is 0 Å². The van der Waals surface area contributed by atoms with Crippen LogP contribution in [0, 0.1) is 0 Å². The van der Waals surface area contributed by atoms with E-state index in [4.69, 9.17) is 14.2 Å². The van der Waals surface area contributed by atoms with Crippen molar-refractivity contribution in [1.29, 1.82) is 0 Å². The zero-order chi connectivity index (χ0) is 50.0. The molecule has 0 N–H and O–H groups in total. The lowest BCUT2D eigenvalue weighted by molar-refractivity contribution is -0.167. The van der Waals surface area contributed by atoms with Crippen LogP contribution >= 0.6 is 0 Å². The van der Waals surface area contributed by atoms with Crippen LogP contribution in [0.3, 0.4) is 0 Å². The maximum Gasteiger partial charge on any atom is 0.306 e. The molecule has 0 aliphatic rings. The number of ether oxygens (including phenoxy) is 3. The topological polar surface area (TPSA) is 78.9 Å². The van der Waals surface area contributed by atoms with Crippen LogP contribution in [0.15, 0.2) is 85.1 Å². The Morgan fingerprint density at radius 2 is 0.580 bits per heavy atom. The van der Waals surface area contributed by atoms with E-state index >= 15 is 0 Å². The summed E-state index contributed by atoms with van der Waals surface area (Å²) in [4.78, 5) is 37.9. The fourth-order valence-corrected chi connectivity index (χ4v) is 8.04. The third-order valence-electron chi connectivity index (χ3n) is 12.4. The number of esters is 3. The molecule has 69 heavy (non-hydrogen) atoms. The molecule has 0 radical (unpaired) electrons. The van der Waals surface area contributed by atoms with Crippen molar-refractivity contribution in [3.63, 3.8) is 0 Å². The molecule has 0 fully saturated rings. The van der Waals surface area contributed by atoms with Gasteiger partial charge in [0.25, 0.3) is 0 Å². The molecular formula is C63H108O6. The molecule has 0 heterocycles. The molecule has 0 bridgehead atoms. The normalized spacial score (nSPS) is 12.7. The van der Waals surface area contributed by atoms with E-state index in [-0.39, 0.29) is 37.5 Å². The van der Waals surface area contributed by atoms with E-state index in [9.17, 15) is 14.4 Å². The maximum atomic E-state index is 12.8. The summed E-state index contributed by atoms with van der Waals surface area (Å²) in [6.45, 7) is 6.44. The lowest BCUT2D eigenvalue weighted by atomic mass is 10.0. The summed E-state index contributed by atoms with van der Waals surface area (Å²) in [6, 6.07) is 0. The summed E-state index contributed by atoms with van der Waals surface area (Å²) in [5, 5.41) is 0. The van der Waals surface area contributed by atoms with Gasteiger partial charge in [0.15, 0.2) is 6.10 Å². The molecular weight excluding hydrogens is 853 g/mol. The highest BCUT2D eigenvalue weighted by Crippen LogP contribution is 2.16. The second-order valence-electron chi connectivity index (χ2n) is 19.2. The second-order valence-corrected chi connectivity index (χ2v) is 19.2. The molecule has 0 spiro atoms. The third-order valence-corrected chi connectivity index (χ3v) is 12.4. The minimum absolute atomic E-state index is 0.0975. The minimum atomic E-state index is -0.803. The minimum Gasteiger partial charge on any atom is -0.462 e. The Morgan fingerprint density at radius 3 is 0.928 bits per heavy atom. The third kappa shape index (κ3) is 55.4. The lowest BCUT2D eigenvalue weighted by Crippen LogP contribution is -2.30. The fraction of sp³-hybridized carbons (Fsp3) is 0.730. The van der Waals surface area contributed by atoms with Crippen LogP contribution in [0.25, 0.3) is 0 Å². The first-order chi connectivity index (χ1) is 34.0. The van der Waals surface area contributed by atoms with Crippen LogP contribution in [0.4, 0.5) is 0 Å². The molecule has 0 aromatic carbocycles. The predicted octanol–water partition coefficient (Wildman–Crippen LogP) is 19.5. The van der Waals surface area contributed by atoms with Crippen molar-refractivity contribution in [3.05, 3.63) is 85.1 Å². The average molecular weight is 962 g/mol. The monoisotopic (exact) mass is 961 g/mol. The highest BCUT2D eigenvalue weighted by Gasteiger charge is 2.19. The van der Waals surface area contributed by atoms with E-state index < -0.39 is 6.10 Å². The van der Waals surface area contributed by atoms with Gasteiger partial charge in [0, 0.05) is 19.3 Å². The van der Waals surface area contributed by atoms with Crippen molar-refractivity contribution in [1.82, 2.24) is 0 Å². The van der Waals surface area contributed by atoms with Gasteiger partial charge >= 0.3 is 17.9 Å². The molecule has 6 heteroatoms. The number of carbonyl (C=O) groups is 3. The number of unbranched alkanes of at least 4 members (excludes halogenated alkanes) is 27. The van der Waals surface area contributed by atoms with Gasteiger partial charge in [-0.2, -0.15) is 0 Å². The van der Waals surface area contributed by atoms with Gasteiger partial charge in [-0.05, 0) is 89.9 Å². The Balaban J connectivity index is 4.18. The van der Waals surface area contributed by atoms with Gasteiger partial charge < -0.3 is 14.2 Å². The van der Waals surface area contributed by atoms with E-state index in [2.05, 4.69) is 106 Å². The highest BCUT2D eigenvalue weighted by atomic mass is 16.6. The van der Waals surface area contributed by atoms with Gasteiger partial charge in [-0.15, -0.1) is 0 Å². The predicted molar refractivity (Wildman–Crippen MR) is 297 cm³/mol. The largest absolute Gasteiger partial charge is 0.462 e. The Kier molecular flexibility index (Phi) is 54.3. The Bertz CT molecular complexity index is 1330. The fourth-order valence-electron chi connectivity index (χ4n) is 8.04. The smallest absolute Gasteiger partial charge is 0.306 e. The first-order valence-electron chi connectivity index (χ1n) is 29.1. The van der Waals surface area contributed by atoms with Crippen LogP contribution in [0.2, 0.25) is 0 Å². The van der Waals surface area contributed by atoms with E-state index in [1.165, 1.54) is 148 Å². The van der Waals surface area contributed by atoms with Crippen LogP contribution in [-0.2, 0) is 28.6 Å². The van der Waals surface area contributed by atoms with Gasteiger partial charge in [-0.3, -0.25) is 14.4 Å². The van der Waals surface area contributed by atoms with Gasteiger partial charge in [0.1, 0.15) is 13.2 Å². The van der Waals surface area contributed by atoms with Gasteiger partial charge in [0.05, 0.1) is 0 Å². The molecule has 396 valence electrons. The molecule has 1 atom stereocenters. The summed E-state index contributed by atoms with van der Waals surface area (Å²) in [6.07, 6.45) is 74.7. The summed E-state index contributed by atoms with van der Waals surface area (Å²) in [5.41, 5.74) is 0. The summed E-state index contributed by atoms with van der Waals surface area (Å²) >= 11 is 0. The Morgan fingerprint density at radius 1 is 0.304 bits per heavy atom. The molecule has 0 amide bonds. The van der Waals surface area contributed by atoms with Gasteiger partial charge in [-0.25, -0.2) is 0 Å². The summed E-state index contributed by atoms with van der Waals surface area (Å²) in [5.74, 6) is -0.959. The number of hydrogen-bond acceptors (Lipinski definition) is 6. The van der Waals surface area contributed by atoms with Crippen LogP contribution in [-0.4, -0.2) is 37.2 Å². The van der Waals surface area contributed by atoms with Crippen molar-refractivity contribution in [3.8, 4) is 0 Å². The molecule has 0 aromatic rings. The standard InChI is InChI=1S/C63H108O6/c1-4-7-10-13-16-18-20-22-24-26-27-28-29-30-31-32-33-34-35-37-38-40-42-44-47-50-53-56-62(65)68-59-60(58-67-61(64)55-52-49-46-15-12-9-6-3)69-63(66)57-54-51-48-45-43-41-39-36-25-23-21-19-17-14-11-8-5-2/h8,11,17,19-20,22-23,25-27,39,41,45,48,60H,4-7,9-10,12-16,18,21,24,28-38,40,42-44,46-47,49-59H2,1-3H3/b11-8-,19-17-,22-20-,25-23-,27-26-,41-39-,48-45-. The highest BCUT2D eigenvalue weighted by molar-refractivity contribution is 5.71. The van der Waals surface area contributed by atoms with E-state index in [1.807, 2.05) is 0 Å². The average Bonchev–Trinajstić information content (AvgIpc) is 3.35. The number of rotatable bonds is 52. The SMILES string of the molecule is CC/C=C\C/C=C\C/C=C\C/C=C\C/C=C\CCCC(=O)OC(COC(=O)CCCCCCCCC)COC(=O)CCCCCCCCCCCCCCCCC/C=C\C/C=C\CCCCCCC. The van der Waals surface area contributed by atoms with Gasteiger partial charge in [-0.1, -0.05) is 254 Å². The Labute approximate surface area is 426 Å². The molecule has 1 unspecified atom stereocenters. The quantitative estimate of drug-likeness (QED) is 0.0262. The van der Waals surface area contributed by atoms with E-state index in [1.54, 1.807) is 0 Å². The maximum absolute atomic E-state index is 12.8. The molecule has 0 aliphatic carbocycles. The van der Waals surface area contributed by atoms with Crippen LogP contribution in [0.1, 0.15) is 278 Å².